The Morgan fingerprint density at radius 1 is 0.463 bits per heavy atom. The molecular formula is C71H131N11. The second-order valence-corrected chi connectivity index (χ2v) is 26.1. The fourth-order valence-electron chi connectivity index (χ4n) is 6.77. The molecule has 2 N–H and O–H groups in total. The zero-order valence-corrected chi connectivity index (χ0v) is 57.0. The van der Waals surface area contributed by atoms with Crippen LogP contribution in [0.4, 0.5) is 0 Å². The highest BCUT2D eigenvalue weighted by molar-refractivity contribution is 5.89. The highest BCUT2D eigenvalue weighted by atomic mass is 15.4. The molecule has 0 radical (unpaired) electrons. The SMILES string of the molecule is C.C.CC(C)C.CC(C)C.CC(C)C1=CCC(C(C)C)=C1.CC(C)C1=NC=CC1.CC(C)c1cc(C(C)C)[nH]n1.CC(C)c1ccccc1.CC(C)c1ccn(C(C)C)n1.CC(C)c1cn(C(C)C)nn1.CC(C)c1n[nH]nc1C(C)C. The first kappa shape index (κ1) is 83.3. The summed E-state index contributed by atoms with van der Waals surface area (Å²) >= 11 is 0. The topological polar surface area (TPSA) is 131 Å². The third kappa shape index (κ3) is 37.8. The summed E-state index contributed by atoms with van der Waals surface area (Å²) in [7, 11) is 0. The van der Waals surface area contributed by atoms with Gasteiger partial charge in [0.15, 0.2) is 0 Å². The van der Waals surface area contributed by atoms with Gasteiger partial charge in [0.2, 0.25) is 0 Å². The average Bonchev–Trinajstić information content (AvgIpc) is 4.23. The zero-order chi connectivity index (χ0) is 62.0. The van der Waals surface area contributed by atoms with Crippen molar-refractivity contribution in [2.24, 2.45) is 34.6 Å². The number of hydrogen-bond donors (Lipinski definition) is 2. The first-order chi connectivity index (χ1) is 37.1. The van der Waals surface area contributed by atoms with Crippen LogP contribution in [0.1, 0.15) is 329 Å². The smallest absolute Gasteiger partial charge is 0.0884 e. The van der Waals surface area contributed by atoms with E-state index in [1.165, 1.54) is 34.7 Å². The van der Waals surface area contributed by atoms with E-state index in [1.54, 1.807) is 5.57 Å². The van der Waals surface area contributed by atoms with Gasteiger partial charge in [-0.1, -0.05) is 254 Å². The number of nitrogens with one attached hydrogen (secondary N) is 2. The molecule has 0 atom stereocenters. The lowest BCUT2D eigenvalue weighted by Gasteiger charge is -2.04. The fraction of sp³-hybridized carbons (Fsp3) is 0.676. The van der Waals surface area contributed by atoms with Crippen LogP contribution >= 0.6 is 0 Å². The number of benzene rings is 1. The third-order valence-corrected chi connectivity index (χ3v) is 12.1. The molecule has 0 bridgehead atoms. The standard InChI is InChI=1S/C11H18.2C9H16N2.C9H12.2C8H15N3.C7H11N.2C4H10.2CH4/c1-8(2)10-5-6-11(7-10)9(3)4;1-7(2)9-5-6-11(10-9)8(3)4;1-6(2)8-5-9(7(3)4)11-10-8;1-8(2)9-6-4-3-5-7-9;1-6(2)8-5-11(7(3)4)10-9-8;1-5(2)7-8(6(3)4)10-11-9-7;1-6(2)7-4-3-5-8-7;2*1-4(2)3;;/h5,7-9H,6H2,1-4H3;5-8H,1-4H3;5-7H,1-4H3,(H,10,11);3-8H,1-2H3;5-7H,1-4H3;5-6H,1-4H3,(H,9,10,11);3,5-6H,4H2,1-2H3;2*4H,1-3H3;2*1H4. The summed E-state index contributed by atoms with van der Waals surface area (Å²) in [6, 6.07) is 15.6. The van der Waals surface area contributed by atoms with Crippen LogP contribution in [-0.2, 0) is 0 Å². The maximum absolute atomic E-state index is 4.43. The van der Waals surface area contributed by atoms with Gasteiger partial charge in [0.25, 0.3) is 0 Å². The van der Waals surface area contributed by atoms with Gasteiger partial charge in [-0.2, -0.15) is 25.6 Å². The normalized spacial score (nSPS) is 12.2. The lowest BCUT2D eigenvalue weighted by molar-refractivity contribution is 0.514. The van der Waals surface area contributed by atoms with Crippen LogP contribution < -0.4 is 0 Å². The summed E-state index contributed by atoms with van der Waals surface area (Å²) in [4.78, 5) is 4.17. The minimum atomic E-state index is 0. The van der Waals surface area contributed by atoms with Crippen molar-refractivity contribution < 1.29 is 0 Å². The van der Waals surface area contributed by atoms with Crippen molar-refractivity contribution >= 4 is 5.71 Å². The van der Waals surface area contributed by atoms with Crippen molar-refractivity contribution in [2.45, 2.75) is 289 Å². The Morgan fingerprint density at radius 2 is 0.951 bits per heavy atom. The number of aromatic amines is 2. The molecule has 1 aromatic carbocycles. The molecule has 0 unspecified atom stereocenters. The van der Waals surface area contributed by atoms with Gasteiger partial charge in [-0.15, -0.1) is 5.10 Å². The van der Waals surface area contributed by atoms with Gasteiger partial charge in [-0.25, -0.2) is 4.68 Å². The molecule has 5 heterocycles. The van der Waals surface area contributed by atoms with Crippen LogP contribution in [0.3, 0.4) is 0 Å². The van der Waals surface area contributed by atoms with Crippen molar-refractivity contribution in [2.75, 3.05) is 0 Å². The van der Waals surface area contributed by atoms with E-state index in [0.717, 1.165) is 47.0 Å². The zero-order valence-electron chi connectivity index (χ0n) is 57.0. The van der Waals surface area contributed by atoms with E-state index in [4.69, 9.17) is 0 Å². The van der Waals surface area contributed by atoms with Crippen LogP contribution in [0, 0.1) is 29.6 Å². The molecule has 1 aliphatic carbocycles. The Bertz CT molecular complexity index is 2180. The molecular weight excluding hydrogens is 1010 g/mol. The van der Waals surface area contributed by atoms with E-state index in [2.05, 4.69) is 308 Å². The molecule has 4 aromatic heterocycles. The molecule has 5 aromatic rings. The van der Waals surface area contributed by atoms with Gasteiger partial charge in [-0.3, -0.25) is 14.8 Å². The highest BCUT2D eigenvalue weighted by Gasteiger charge is 2.14. The Labute approximate surface area is 507 Å². The molecule has 0 fully saturated rings. The molecule has 11 nitrogen and oxygen atoms in total. The summed E-state index contributed by atoms with van der Waals surface area (Å²) in [6.07, 6.45) is 15.0. The summed E-state index contributed by atoms with van der Waals surface area (Å²) < 4.78 is 3.88. The Kier molecular flexibility index (Phi) is 46.0. The molecule has 1 aliphatic heterocycles. The molecule has 82 heavy (non-hydrogen) atoms. The molecule has 0 saturated carbocycles. The van der Waals surface area contributed by atoms with Crippen molar-refractivity contribution in [1.29, 1.82) is 0 Å². The second kappa shape index (κ2) is 45.3. The molecule has 0 amide bonds. The van der Waals surface area contributed by atoms with E-state index in [-0.39, 0.29) is 14.9 Å². The molecule has 0 spiro atoms. The largest absolute Gasteiger partial charge is 0.282 e. The predicted molar refractivity (Wildman–Crippen MR) is 364 cm³/mol. The third-order valence-electron chi connectivity index (χ3n) is 12.1. The van der Waals surface area contributed by atoms with Gasteiger partial charge in [0.05, 0.1) is 28.5 Å². The lowest BCUT2D eigenvalue weighted by atomic mass is 10.0. The second-order valence-electron chi connectivity index (χ2n) is 26.1. The number of aliphatic imine (C=N–C) groups is 1. The van der Waals surface area contributed by atoms with Crippen LogP contribution in [0.15, 0.2) is 95.4 Å². The summed E-state index contributed by atoms with van der Waals surface area (Å²) in [5.41, 5.74) is 12.7. The number of aromatic nitrogens is 10. The van der Waals surface area contributed by atoms with E-state index < -0.39 is 0 Å². The number of rotatable bonds is 12. The van der Waals surface area contributed by atoms with Crippen molar-refractivity contribution in [3.05, 3.63) is 130 Å². The molecule has 7 rings (SSSR count). The van der Waals surface area contributed by atoms with Crippen molar-refractivity contribution in [1.82, 2.24) is 50.4 Å². The van der Waals surface area contributed by atoms with Crippen LogP contribution in [0.2, 0.25) is 0 Å². The number of nitrogens with zero attached hydrogens (tertiary/aromatic N) is 9. The molecule has 470 valence electrons. The van der Waals surface area contributed by atoms with E-state index in [9.17, 15) is 0 Å². The van der Waals surface area contributed by atoms with E-state index in [0.29, 0.717) is 65.3 Å². The Balaban J connectivity index is -0.000000422. The van der Waals surface area contributed by atoms with E-state index in [1.807, 2.05) is 34.0 Å². The highest BCUT2D eigenvalue weighted by Crippen LogP contribution is 2.28. The number of hydrogen-bond acceptors (Lipinski definition) is 7. The molecule has 0 saturated heterocycles. The van der Waals surface area contributed by atoms with Gasteiger partial charge in [-0.05, 0) is 128 Å². The maximum Gasteiger partial charge on any atom is 0.0884 e. The maximum atomic E-state index is 4.43. The predicted octanol–water partition coefficient (Wildman–Crippen LogP) is 22.2. The minimum absolute atomic E-state index is 0. The van der Waals surface area contributed by atoms with Crippen molar-refractivity contribution in [3.63, 3.8) is 0 Å². The first-order valence-electron chi connectivity index (χ1n) is 30.7. The summed E-state index contributed by atoms with van der Waals surface area (Å²) in [5, 5.41) is 30.6. The average molecular weight is 1140 g/mol. The monoisotopic (exact) mass is 1140 g/mol. The van der Waals surface area contributed by atoms with Gasteiger partial charge < -0.3 is 0 Å². The van der Waals surface area contributed by atoms with Gasteiger partial charge in [0.1, 0.15) is 0 Å². The van der Waals surface area contributed by atoms with Crippen LogP contribution in [0.5, 0.6) is 0 Å². The summed E-state index contributed by atoms with van der Waals surface area (Å²) in [6.45, 7) is 65.0. The van der Waals surface area contributed by atoms with Crippen LogP contribution in [0.25, 0.3) is 0 Å². The summed E-state index contributed by atoms with van der Waals surface area (Å²) in [5.74, 6) is 7.40. The number of allylic oxidation sites excluding steroid dienone is 5. The van der Waals surface area contributed by atoms with Gasteiger partial charge in [0, 0.05) is 48.5 Å². The van der Waals surface area contributed by atoms with E-state index >= 15 is 0 Å². The lowest BCUT2D eigenvalue weighted by Crippen LogP contribution is -2.02. The first-order valence-corrected chi connectivity index (χ1v) is 30.7. The molecule has 11 heteroatoms. The quantitative estimate of drug-likeness (QED) is 0.128. The van der Waals surface area contributed by atoms with Crippen LogP contribution in [-0.4, -0.2) is 56.1 Å². The number of H-pyrrole nitrogens is 2. The van der Waals surface area contributed by atoms with Crippen molar-refractivity contribution in [3.8, 4) is 0 Å². The Hall–Kier alpha value is -5.19. The van der Waals surface area contributed by atoms with Gasteiger partial charge >= 0.3 is 0 Å². The Morgan fingerprint density at radius 3 is 1.20 bits per heavy atom. The minimum Gasteiger partial charge on any atom is -0.282 e. The fourth-order valence-corrected chi connectivity index (χ4v) is 6.77. The molecule has 2 aliphatic rings.